The molecule has 7 heteroatoms. The molecule has 180 valence electrons. The molecule has 0 atom stereocenters. The molecule has 1 fully saturated rings. The van der Waals surface area contributed by atoms with Gasteiger partial charge in [0.05, 0.1) is 5.69 Å². The van der Waals surface area contributed by atoms with Crippen LogP contribution in [0.4, 0.5) is 0 Å². The second-order valence-electron chi connectivity index (χ2n) is 9.62. The molecule has 35 heavy (non-hydrogen) atoms. The van der Waals surface area contributed by atoms with Crippen molar-refractivity contribution in [2.24, 2.45) is 5.92 Å². The third kappa shape index (κ3) is 5.04. The monoisotopic (exact) mass is 469 g/mol. The van der Waals surface area contributed by atoms with Gasteiger partial charge in [-0.3, -0.25) is 4.79 Å². The number of piperidine rings is 1. The SMILES string of the molecule is Cc1nnc(-c2cc(C(C)C)n(-c3cccc(C(=O)N4CCC(Cc5ccccc5)CC4)c3)n2)o1. The van der Waals surface area contributed by atoms with E-state index in [9.17, 15) is 4.79 Å². The van der Waals surface area contributed by atoms with Gasteiger partial charge in [0.2, 0.25) is 5.89 Å². The fourth-order valence-corrected chi connectivity index (χ4v) is 4.76. The van der Waals surface area contributed by atoms with Crippen molar-refractivity contribution in [2.75, 3.05) is 13.1 Å². The standard InChI is InChI=1S/C28H31N5O2/c1-19(2)26-18-25(27-30-29-20(3)35-27)31-33(26)24-11-7-10-23(17-24)28(34)32-14-12-22(13-15-32)16-21-8-5-4-6-9-21/h4-11,17-19,22H,12-16H2,1-3H3. The topological polar surface area (TPSA) is 77.1 Å². The Hall–Kier alpha value is -3.74. The van der Waals surface area contributed by atoms with Crippen LogP contribution < -0.4 is 0 Å². The van der Waals surface area contributed by atoms with E-state index in [-0.39, 0.29) is 11.8 Å². The predicted molar refractivity (Wildman–Crippen MR) is 134 cm³/mol. The first kappa shape index (κ1) is 23.0. The maximum Gasteiger partial charge on any atom is 0.268 e. The Morgan fingerprint density at radius 1 is 1.03 bits per heavy atom. The van der Waals surface area contributed by atoms with E-state index in [0.717, 1.165) is 43.7 Å². The second kappa shape index (κ2) is 9.86. The molecule has 0 aliphatic carbocycles. The van der Waals surface area contributed by atoms with E-state index in [2.05, 4.69) is 54.4 Å². The lowest BCUT2D eigenvalue weighted by atomic mass is 9.90. The zero-order valence-electron chi connectivity index (χ0n) is 20.5. The summed E-state index contributed by atoms with van der Waals surface area (Å²) in [6.07, 6.45) is 3.14. The van der Waals surface area contributed by atoms with E-state index in [1.807, 2.05) is 39.9 Å². The lowest BCUT2D eigenvalue weighted by Crippen LogP contribution is -2.39. The molecule has 7 nitrogen and oxygen atoms in total. The number of carbonyl (C=O) groups is 1. The molecule has 1 aliphatic rings. The Balaban J connectivity index is 1.32. The number of carbonyl (C=O) groups excluding carboxylic acids is 1. The average Bonchev–Trinajstić information content (AvgIpc) is 3.52. The van der Waals surface area contributed by atoms with E-state index < -0.39 is 0 Å². The van der Waals surface area contributed by atoms with E-state index in [1.165, 1.54) is 5.56 Å². The lowest BCUT2D eigenvalue weighted by molar-refractivity contribution is 0.0690. The fourth-order valence-electron chi connectivity index (χ4n) is 4.76. The third-order valence-corrected chi connectivity index (χ3v) is 6.68. The number of aromatic nitrogens is 4. The zero-order chi connectivity index (χ0) is 24.4. The Kier molecular flexibility index (Phi) is 6.49. The van der Waals surface area contributed by atoms with Gasteiger partial charge in [0.1, 0.15) is 5.69 Å². The maximum absolute atomic E-state index is 13.4. The first-order valence-corrected chi connectivity index (χ1v) is 12.3. The highest BCUT2D eigenvalue weighted by atomic mass is 16.4. The van der Waals surface area contributed by atoms with Crippen molar-refractivity contribution >= 4 is 5.91 Å². The summed E-state index contributed by atoms with van der Waals surface area (Å²) < 4.78 is 7.46. The number of amides is 1. The van der Waals surface area contributed by atoms with Crippen molar-refractivity contribution in [2.45, 2.75) is 46.0 Å². The summed E-state index contributed by atoms with van der Waals surface area (Å²) in [6, 6.07) is 20.3. The molecule has 0 spiro atoms. The molecule has 0 unspecified atom stereocenters. The van der Waals surface area contributed by atoms with Crippen molar-refractivity contribution in [3.8, 4) is 17.3 Å². The molecule has 1 aliphatic heterocycles. The van der Waals surface area contributed by atoms with Crippen LogP contribution >= 0.6 is 0 Å². The molecule has 0 radical (unpaired) electrons. The van der Waals surface area contributed by atoms with Crippen LogP contribution in [0, 0.1) is 12.8 Å². The zero-order valence-corrected chi connectivity index (χ0v) is 20.5. The second-order valence-corrected chi connectivity index (χ2v) is 9.62. The lowest BCUT2D eigenvalue weighted by Gasteiger charge is -2.32. The Morgan fingerprint density at radius 2 is 1.80 bits per heavy atom. The first-order chi connectivity index (χ1) is 17.0. The average molecular weight is 470 g/mol. The van der Waals surface area contributed by atoms with Gasteiger partial charge in [-0.2, -0.15) is 5.10 Å². The van der Waals surface area contributed by atoms with Crippen LogP contribution in [0.5, 0.6) is 0 Å². The van der Waals surface area contributed by atoms with Crippen LogP contribution in [-0.2, 0) is 6.42 Å². The molecule has 2 aromatic heterocycles. The predicted octanol–water partition coefficient (Wildman–Crippen LogP) is 5.45. The molecule has 0 saturated carbocycles. The third-order valence-electron chi connectivity index (χ3n) is 6.68. The van der Waals surface area contributed by atoms with Crippen LogP contribution in [0.25, 0.3) is 17.3 Å². The summed E-state index contributed by atoms with van der Waals surface area (Å²) in [5.74, 6) is 1.83. The number of hydrogen-bond donors (Lipinski definition) is 0. The molecule has 0 N–H and O–H groups in total. The number of rotatable bonds is 6. The highest BCUT2D eigenvalue weighted by molar-refractivity contribution is 5.94. The minimum absolute atomic E-state index is 0.0796. The summed E-state index contributed by atoms with van der Waals surface area (Å²) in [4.78, 5) is 15.3. The summed E-state index contributed by atoms with van der Waals surface area (Å²) in [6.45, 7) is 7.58. The van der Waals surface area contributed by atoms with Gasteiger partial charge < -0.3 is 9.32 Å². The van der Waals surface area contributed by atoms with Gasteiger partial charge in [-0.15, -0.1) is 10.2 Å². The Morgan fingerprint density at radius 3 is 2.49 bits per heavy atom. The van der Waals surface area contributed by atoms with Gasteiger partial charge in [-0.25, -0.2) is 4.68 Å². The highest BCUT2D eigenvalue weighted by Crippen LogP contribution is 2.27. The van der Waals surface area contributed by atoms with E-state index in [1.54, 1.807) is 6.92 Å². The van der Waals surface area contributed by atoms with Crippen LogP contribution in [0.15, 0.2) is 65.1 Å². The van der Waals surface area contributed by atoms with Gasteiger partial charge in [-0.05, 0) is 60.9 Å². The largest absolute Gasteiger partial charge is 0.420 e. The number of benzene rings is 2. The molecule has 1 amide bonds. The molecular weight excluding hydrogens is 438 g/mol. The molecular formula is C28H31N5O2. The highest BCUT2D eigenvalue weighted by Gasteiger charge is 2.24. The number of aryl methyl sites for hydroxylation is 1. The summed E-state index contributed by atoms with van der Waals surface area (Å²) in [5.41, 5.74) is 4.55. The molecule has 1 saturated heterocycles. The first-order valence-electron chi connectivity index (χ1n) is 12.3. The van der Waals surface area contributed by atoms with Crippen molar-refractivity contribution in [1.29, 1.82) is 0 Å². The van der Waals surface area contributed by atoms with Crippen LogP contribution in [0.2, 0.25) is 0 Å². The number of hydrogen-bond acceptors (Lipinski definition) is 5. The quantitative estimate of drug-likeness (QED) is 0.375. The minimum atomic E-state index is 0.0796. The van der Waals surface area contributed by atoms with Gasteiger partial charge in [-0.1, -0.05) is 50.2 Å². The Labute approximate surface area is 205 Å². The molecule has 3 heterocycles. The number of likely N-dealkylation sites (tertiary alicyclic amines) is 1. The van der Waals surface area contributed by atoms with Crippen molar-refractivity contribution < 1.29 is 9.21 Å². The maximum atomic E-state index is 13.4. The van der Waals surface area contributed by atoms with Crippen LogP contribution in [0.1, 0.15) is 60.1 Å². The van der Waals surface area contributed by atoms with Gasteiger partial charge >= 0.3 is 0 Å². The molecule has 2 aromatic carbocycles. The van der Waals surface area contributed by atoms with Crippen molar-refractivity contribution in [3.63, 3.8) is 0 Å². The van der Waals surface area contributed by atoms with Gasteiger partial charge in [0.15, 0.2) is 0 Å². The van der Waals surface area contributed by atoms with Crippen LogP contribution in [0.3, 0.4) is 0 Å². The normalized spacial score (nSPS) is 14.6. The molecule has 5 rings (SSSR count). The smallest absolute Gasteiger partial charge is 0.268 e. The summed E-state index contributed by atoms with van der Waals surface area (Å²) in [7, 11) is 0. The number of nitrogens with zero attached hydrogens (tertiary/aromatic N) is 5. The molecule has 4 aromatic rings. The molecule has 0 bridgehead atoms. The fraction of sp³-hybridized carbons (Fsp3) is 0.357. The van der Waals surface area contributed by atoms with E-state index in [4.69, 9.17) is 9.52 Å². The van der Waals surface area contributed by atoms with E-state index >= 15 is 0 Å². The van der Waals surface area contributed by atoms with Crippen LogP contribution in [-0.4, -0.2) is 43.9 Å². The summed E-state index contributed by atoms with van der Waals surface area (Å²) in [5, 5.41) is 12.8. The van der Waals surface area contributed by atoms with Crippen molar-refractivity contribution in [1.82, 2.24) is 24.9 Å². The summed E-state index contributed by atoms with van der Waals surface area (Å²) >= 11 is 0. The van der Waals surface area contributed by atoms with Gasteiger partial charge in [0.25, 0.3) is 11.8 Å². The van der Waals surface area contributed by atoms with Gasteiger partial charge in [0, 0.05) is 31.3 Å². The van der Waals surface area contributed by atoms with E-state index in [0.29, 0.717) is 29.0 Å². The Bertz CT molecular complexity index is 1300. The van der Waals surface area contributed by atoms with Crippen molar-refractivity contribution in [3.05, 3.63) is 83.4 Å². The minimum Gasteiger partial charge on any atom is -0.420 e.